The van der Waals surface area contributed by atoms with Gasteiger partial charge in [0.15, 0.2) is 5.78 Å². The van der Waals surface area contributed by atoms with E-state index in [1.54, 1.807) is 36.3 Å². The van der Waals surface area contributed by atoms with Gasteiger partial charge < -0.3 is 9.64 Å². The van der Waals surface area contributed by atoms with Crippen molar-refractivity contribution in [1.29, 1.82) is 0 Å². The molecule has 0 atom stereocenters. The highest BCUT2D eigenvalue weighted by atomic mass is 32.1. The van der Waals surface area contributed by atoms with Crippen LogP contribution in [0.25, 0.3) is 10.2 Å². The van der Waals surface area contributed by atoms with Gasteiger partial charge in [-0.25, -0.2) is 4.98 Å². The monoisotopic (exact) mass is 453 g/mol. The molecule has 2 aromatic heterocycles. The molecule has 1 aliphatic rings. The SMILES string of the molecule is COc1ccc(C(=O)C2CCN(C(=O)CCn3cnc4sc(C)c(C)c4c3=O)CC2)cc1. The van der Waals surface area contributed by atoms with Crippen molar-refractivity contribution in [2.24, 2.45) is 5.92 Å². The number of ether oxygens (including phenoxy) is 1. The lowest BCUT2D eigenvalue weighted by molar-refractivity contribution is -0.132. The number of aryl methyl sites for hydroxylation is 3. The Bertz CT molecular complexity index is 1200. The minimum atomic E-state index is -0.0894. The molecule has 8 heteroatoms. The molecule has 0 saturated carbocycles. The first kappa shape index (κ1) is 22.2. The maximum absolute atomic E-state index is 12.8. The predicted octanol–water partition coefficient (Wildman–Crippen LogP) is 3.60. The number of carbonyl (C=O) groups excluding carboxylic acids is 2. The summed E-state index contributed by atoms with van der Waals surface area (Å²) in [6.07, 6.45) is 3.08. The van der Waals surface area contributed by atoms with E-state index in [0.717, 1.165) is 21.0 Å². The van der Waals surface area contributed by atoms with E-state index >= 15 is 0 Å². The molecule has 168 valence electrons. The molecular weight excluding hydrogens is 426 g/mol. The van der Waals surface area contributed by atoms with Crippen molar-refractivity contribution in [3.63, 3.8) is 0 Å². The van der Waals surface area contributed by atoms with E-state index in [4.69, 9.17) is 4.74 Å². The molecule has 1 aromatic carbocycles. The lowest BCUT2D eigenvalue weighted by Gasteiger charge is -2.31. The third-order valence-electron chi connectivity index (χ3n) is 6.32. The van der Waals surface area contributed by atoms with Gasteiger partial charge in [-0.3, -0.25) is 19.0 Å². The van der Waals surface area contributed by atoms with E-state index in [2.05, 4.69) is 4.98 Å². The van der Waals surface area contributed by atoms with Crippen LogP contribution in [0.15, 0.2) is 35.4 Å². The fraction of sp³-hybridized carbons (Fsp3) is 0.417. The van der Waals surface area contributed by atoms with Crippen LogP contribution in [0.1, 0.15) is 40.1 Å². The van der Waals surface area contributed by atoms with Gasteiger partial charge in [-0.05, 0) is 56.5 Å². The maximum Gasteiger partial charge on any atom is 0.262 e. The summed E-state index contributed by atoms with van der Waals surface area (Å²) in [5.41, 5.74) is 1.55. The Hall–Kier alpha value is -3.00. The lowest BCUT2D eigenvalue weighted by atomic mass is 9.89. The van der Waals surface area contributed by atoms with Gasteiger partial charge in [0.1, 0.15) is 10.6 Å². The highest BCUT2D eigenvalue weighted by Gasteiger charge is 2.28. The number of likely N-dealkylation sites (tertiary alicyclic amines) is 1. The number of methoxy groups -OCH3 is 1. The van der Waals surface area contributed by atoms with E-state index < -0.39 is 0 Å². The average molecular weight is 454 g/mol. The van der Waals surface area contributed by atoms with Gasteiger partial charge in [0.05, 0.1) is 18.8 Å². The van der Waals surface area contributed by atoms with Gasteiger partial charge in [0, 0.05) is 42.4 Å². The van der Waals surface area contributed by atoms with Crippen LogP contribution in [0, 0.1) is 19.8 Å². The summed E-state index contributed by atoms with van der Waals surface area (Å²) in [4.78, 5) is 46.3. The standard InChI is InChI=1S/C24H27N3O4S/c1-15-16(2)32-23-21(15)24(30)27(14-25-23)13-10-20(28)26-11-8-18(9-12-26)22(29)17-4-6-19(31-3)7-5-17/h4-7,14,18H,8-13H2,1-3H3. The van der Waals surface area contributed by atoms with Crippen LogP contribution in [0.4, 0.5) is 0 Å². The van der Waals surface area contributed by atoms with E-state index in [-0.39, 0.29) is 29.6 Å². The zero-order valence-corrected chi connectivity index (χ0v) is 19.4. The van der Waals surface area contributed by atoms with E-state index in [1.165, 1.54) is 22.2 Å². The van der Waals surface area contributed by atoms with Gasteiger partial charge in [-0.2, -0.15) is 0 Å². The summed E-state index contributed by atoms with van der Waals surface area (Å²) in [7, 11) is 1.60. The first-order chi connectivity index (χ1) is 15.4. The molecule has 1 fully saturated rings. The maximum atomic E-state index is 12.8. The third kappa shape index (κ3) is 4.32. The summed E-state index contributed by atoms with van der Waals surface area (Å²) < 4.78 is 6.67. The van der Waals surface area contributed by atoms with Crippen LogP contribution >= 0.6 is 11.3 Å². The topological polar surface area (TPSA) is 81.5 Å². The smallest absolute Gasteiger partial charge is 0.262 e. The second kappa shape index (κ2) is 9.24. The number of ketones is 1. The number of carbonyl (C=O) groups is 2. The van der Waals surface area contributed by atoms with Crippen molar-refractivity contribution >= 4 is 33.2 Å². The number of hydrogen-bond acceptors (Lipinski definition) is 6. The first-order valence-electron chi connectivity index (χ1n) is 10.8. The van der Waals surface area contributed by atoms with Crippen molar-refractivity contribution in [3.8, 4) is 5.75 Å². The van der Waals surface area contributed by atoms with Crippen molar-refractivity contribution in [2.75, 3.05) is 20.2 Å². The summed E-state index contributed by atoms with van der Waals surface area (Å²) in [6.45, 7) is 5.34. The number of hydrogen-bond donors (Lipinski definition) is 0. The van der Waals surface area contributed by atoms with E-state index in [0.29, 0.717) is 43.4 Å². The van der Waals surface area contributed by atoms with Gasteiger partial charge in [0.2, 0.25) is 5.91 Å². The molecule has 4 rings (SSSR count). The summed E-state index contributed by atoms with van der Waals surface area (Å²) >= 11 is 1.52. The Labute approximate surface area is 190 Å². The van der Waals surface area contributed by atoms with Crippen LogP contribution in [-0.2, 0) is 11.3 Å². The molecule has 1 saturated heterocycles. The fourth-order valence-corrected chi connectivity index (χ4v) is 5.17. The Morgan fingerprint density at radius 2 is 1.84 bits per heavy atom. The largest absolute Gasteiger partial charge is 0.497 e. The zero-order chi connectivity index (χ0) is 22.8. The molecule has 7 nitrogen and oxygen atoms in total. The van der Waals surface area contributed by atoms with Crippen molar-refractivity contribution < 1.29 is 14.3 Å². The van der Waals surface area contributed by atoms with Gasteiger partial charge in [-0.15, -0.1) is 11.3 Å². The van der Waals surface area contributed by atoms with Gasteiger partial charge in [-0.1, -0.05) is 0 Å². The Morgan fingerprint density at radius 1 is 1.16 bits per heavy atom. The van der Waals surface area contributed by atoms with Crippen molar-refractivity contribution in [2.45, 2.75) is 39.7 Å². The Kier molecular flexibility index (Phi) is 6.41. The van der Waals surface area contributed by atoms with Crippen LogP contribution < -0.4 is 10.3 Å². The lowest BCUT2D eigenvalue weighted by Crippen LogP contribution is -2.40. The second-order valence-electron chi connectivity index (χ2n) is 8.20. The highest BCUT2D eigenvalue weighted by molar-refractivity contribution is 7.18. The number of thiophene rings is 1. The predicted molar refractivity (Wildman–Crippen MR) is 125 cm³/mol. The van der Waals surface area contributed by atoms with Crippen LogP contribution in [-0.4, -0.2) is 46.3 Å². The number of piperidine rings is 1. The molecule has 0 unspecified atom stereocenters. The normalized spacial score (nSPS) is 14.7. The fourth-order valence-electron chi connectivity index (χ4n) is 4.19. The molecular formula is C24H27N3O4S. The molecule has 1 aliphatic heterocycles. The summed E-state index contributed by atoms with van der Waals surface area (Å²) in [5.74, 6) is 0.767. The Morgan fingerprint density at radius 3 is 2.50 bits per heavy atom. The second-order valence-corrected chi connectivity index (χ2v) is 9.41. The molecule has 0 spiro atoms. The minimum Gasteiger partial charge on any atom is -0.497 e. The molecule has 1 amide bonds. The van der Waals surface area contributed by atoms with Gasteiger partial charge in [0.25, 0.3) is 5.56 Å². The molecule has 0 N–H and O–H groups in total. The highest BCUT2D eigenvalue weighted by Crippen LogP contribution is 2.26. The van der Waals surface area contributed by atoms with Crippen LogP contribution in [0.2, 0.25) is 0 Å². The molecule has 0 bridgehead atoms. The zero-order valence-electron chi connectivity index (χ0n) is 18.6. The number of nitrogens with zero attached hydrogens (tertiary/aromatic N) is 3. The van der Waals surface area contributed by atoms with Crippen molar-refractivity contribution in [3.05, 3.63) is 57.0 Å². The number of fused-ring (bicyclic) bond motifs is 1. The molecule has 0 radical (unpaired) electrons. The van der Waals surface area contributed by atoms with E-state index in [1.807, 2.05) is 13.8 Å². The number of aromatic nitrogens is 2. The number of benzene rings is 1. The first-order valence-corrected chi connectivity index (χ1v) is 11.6. The molecule has 32 heavy (non-hydrogen) atoms. The minimum absolute atomic E-state index is 0.00515. The van der Waals surface area contributed by atoms with Gasteiger partial charge >= 0.3 is 0 Å². The quantitative estimate of drug-likeness (QED) is 0.533. The summed E-state index contributed by atoms with van der Waals surface area (Å²) in [6, 6.07) is 7.16. The molecule has 0 aliphatic carbocycles. The summed E-state index contributed by atoms with van der Waals surface area (Å²) in [5, 5.41) is 0.653. The molecule has 3 aromatic rings. The number of rotatable bonds is 6. The van der Waals surface area contributed by atoms with Crippen LogP contribution in [0.3, 0.4) is 0 Å². The Balaban J connectivity index is 1.33. The average Bonchev–Trinajstić information content (AvgIpc) is 3.12. The van der Waals surface area contributed by atoms with Crippen molar-refractivity contribution in [1.82, 2.24) is 14.5 Å². The number of Topliss-reactive ketones (excluding diaryl/α,β-unsaturated/α-hetero) is 1. The third-order valence-corrected chi connectivity index (χ3v) is 7.43. The van der Waals surface area contributed by atoms with E-state index in [9.17, 15) is 14.4 Å². The van der Waals surface area contributed by atoms with Crippen LogP contribution in [0.5, 0.6) is 5.75 Å². The number of amides is 1. The molecule has 3 heterocycles.